The summed E-state index contributed by atoms with van der Waals surface area (Å²) in [5.74, 6) is 0.694. The normalized spacial score (nSPS) is 10.4. The fourth-order valence-electron chi connectivity index (χ4n) is 1.54. The molecule has 3 nitrogen and oxygen atoms in total. The van der Waals surface area contributed by atoms with E-state index in [2.05, 4.69) is 9.97 Å². The lowest BCUT2D eigenvalue weighted by Crippen LogP contribution is -2.06. The second kappa shape index (κ2) is 4.49. The molecule has 1 aromatic carbocycles. The topological polar surface area (TPSA) is 45.8 Å². The van der Waals surface area contributed by atoms with Gasteiger partial charge >= 0.3 is 0 Å². The third-order valence-electron chi connectivity index (χ3n) is 2.38. The van der Waals surface area contributed by atoms with Gasteiger partial charge in [-0.25, -0.2) is 4.98 Å². The quantitative estimate of drug-likeness (QED) is 0.830. The summed E-state index contributed by atoms with van der Waals surface area (Å²) < 4.78 is 0. The van der Waals surface area contributed by atoms with Crippen molar-refractivity contribution in [2.45, 2.75) is 13.3 Å². The number of halogens is 1. The van der Waals surface area contributed by atoms with E-state index in [1.807, 2.05) is 13.0 Å². The number of nitrogens with zero attached hydrogens (tertiary/aromatic N) is 1. The number of Topliss-reactive ketones (excluding diaryl/α,β-unsaturated/α-hetero) is 1. The van der Waals surface area contributed by atoms with Crippen molar-refractivity contribution in [2.24, 2.45) is 0 Å². The van der Waals surface area contributed by atoms with Gasteiger partial charge in [-0.05, 0) is 24.6 Å². The molecule has 0 aliphatic rings. The Balaban J connectivity index is 2.24. The predicted molar refractivity (Wildman–Crippen MR) is 62.8 cm³/mol. The van der Waals surface area contributed by atoms with E-state index >= 15 is 0 Å². The van der Waals surface area contributed by atoms with Crippen LogP contribution in [0.15, 0.2) is 30.6 Å². The molecular weight excluding hydrogens is 224 g/mol. The van der Waals surface area contributed by atoms with Crippen LogP contribution in [-0.4, -0.2) is 15.8 Å². The van der Waals surface area contributed by atoms with Crippen LogP contribution in [0.1, 0.15) is 21.7 Å². The number of aryl methyl sites for hydroxylation is 1. The van der Waals surface area contributed by atoms with Crippen LogP contribution < -0.4 is 0 Å². The van der Waals surface area contributed by atoms with E-state index in [4.69, 9.17) is 11.6 Å². The first-order chi connectivity index (χ1) is 7.66. The van der Waals surface area contributed by atoms with Gasteiger partial charge < -0.3 is 4.98 Å². The third kappa shape index (κ3) is 2.31. The third-order valence-corrected chi connectivity index (χ3v) is 2.62. The molecule has 1 aromatic heterocycles. The lowest BCUT2D eigenvalue weighted by atomic mass is 10.0. The van der Waals surface area contributed by atoms with Crippen molar-refractivity contribution < 1.29 is 4.79 Å². The highest BCUT2D eigenvalue weighted by Gasteiger charge is 2.11. The number of carbonyl (C=O) groups is 1. The Hall–Kier alpha value is -1.61. The standard InChI is InChI=1S/C12H11ClN2O/c1-8-2-3-9(13)6-10(8)11(16)7-12-14-4-5-15-12/h2-6H,7H2,1H3,(H,14,15). The van der Waals surface area contributed by atoms with Crippen LogP contribution in [0.2, 0.25) is 5.02 Å². The Labute approximate surface area is 98.5 Å². The van der Waals surface area contributed by atoms with Gasteiger partial charge in [0, 0.05) is 23.0 Å². The molecule has 0 aliphatic heterocycles. The Kier molecular flexibility index (Phi) is 3.06. The smallest absolute Gasteiger partial charge is 0.170 e. The molecule has 4 heteroatoms. The van der Waals surface area contributed by atoms with Gasteiger partial charge in [0.05, 0.1) is 6.42 Å². The van der Waals surface area contributed by atoms with Crippen LogP contribution >= 0.6 is 11.6 Å². The predicted octanol–water partition coefficient (Wildman–Crippen LogP) is 2.80. The van der Waals surface area contributed by atoms with Crippen LogP contribution in [0.5, 0.6) is 0 Å². The maximum absolute atomic E-state index is 12.0. The van der Waals surface area contributed by atoms with Crippen molar-refractivity contribution in [1.82, 2.24) is 9.97 Å². The highest BCUT2D eigenvalue weighted by Crippen LogP contribution is 2.16. The van der Waals surface area contributed by atoms with Gasteiger partial charge in [0.25, 0.3) is 0 Å². The number of benzene rings is 1. The average Bonchev–Trinajstić information content (AvgIpc) is 2.74. The zero-order valence-electron chi connectivity index (χ0n) is 8.83. The number of nitrogens with one attached hydrogen (secondary N) is 1. The Bertz CT molecular complexity index is 506. The summed E-state index contributed by atoms with van der Waals surface area (Å²) in [6.45, 7) is 1.89. The van der Waals surface area contributed by atoms with E-state index < -0.39 is 0 Å². The van der Waals surface area contributed by atoms with Crippen molar-refractivity contribution in [3.63, 3.8) is 0 Å². The molecule has 1 N–H and O–H groups in total. The van der Waals surface area contributed by atoms with Crippen molar-refractivity contribution in [3.05, 3.63) is 52.6 Å². The van der Waals surface area contributed by atoms with E-state index in [1.165, 1.54) is 0 Å². The van der Waals surface area contributed by atoms with Gasteiger partial charge in [-0.3, -0.25) is 4.79 Å². The molecule has 0 spiro atoms. The molecule has 82 valence electrons. The average molecular weight is 235 g/mol. The van der Waals surface area contributed by atoms with Crippen LogP contribution in [0.3, 0.4) is 0 Å². The van der Waals surface area contributed by atoms with Crippen molar-refractivity contribution >= 4 is 17.4 Å². The van der Waals surface area contributed by atoms with Crippen LogP contribution in [0, 0.1) is 6.92 Å². The fourth-order valence-corrected chi connectivity index (χ4v) is 1.71. The summed E-state index contributed by atoms with van der Waals surface area (Å²) in [4.78, 5) is 18.9. The number of rotatable bonds is 3. The number of imidazole rings is 1. The molecule has 1 heterocycles. The van der Waals surface area contributed by atoms with Crippen LogP contribution in [-0.2, 0) is 6.42 Å². The molecule has 0 fully saturated rings. The summed E-state index contributed by atoms with van der Waals surface area (Å²) in [5.41, 5.74) is 1.59. The van der Waals surface area contributed by atoms with Crippen molar-refractivity contribution in [3.8, 4) is 0 Å². The minimum atomic E-state index is 0.0231. The molecule has 0 saturated carbocycles. The zero-order valence-corrected chi connectivity index (χ0v) is 9.58. The molecule has 0 bridgehead atoms. The van der Waals surface area contributed by atoms with E-state index in [1.54, 1.807) is 24.5 Å². The van der Waals surface area contributed by atoms with Gasteiger partial charge in [0.15, 0.2) is 5.78 Å². The van der Waals surface area contributed by atoms with Gasteiger partial charge in [-0.15, -0.1) is 0 Å². The van der Waals surface area contributed by atoms with Gasteiger partial charge in [0.1, 0.15) is 5.82 Å². The van der Waals surface area contributed by atoms with Crippen molar-refractivity contribution in [2.75, 3.05) is 0 Å². The molecule has 0 atom stereocenters. The van der Waals surface area contributed by atoms with Gasteiger partial charge in [-0.2, -0.15) is 0 Å². The molecule has 0 unspecified atom stereocenters. The maximum Gasteiger partial charge on any atom is 0.170 e. The summed E-state index contributed by atoms with van der Waals surface area (Å²) in [7, 11) is 0. The highest BCUT2D eigenvalue weighted by molar-refractivity contribution is 6.31. The lowest BCUT2D eigenvalue weighted by molar-refractivity contribution is 0.0990. The number of aromatic amines is 1. The number of H-pyrrole nitrogens is 1. The monoisotopic (exact) mass is 234 g/mol. The first kappa shape index (κ1) is 10.9. The van der Waals surface area contributed by atoms with E-state index in [9.17, 15) is 4.79 Å². The number of hydrogen-bond acceptors (Lipinski definition) is 2. The van der Waals surface area contributed by atoms with E-state index in [-0.39, 0.29) is 12.2 Å². The van der Waals surface area contributed by atoms with Crippen LogP contribution in [0.4, 0.5) is 0 Å². The summed E-state index contributed by atoms with van der Waals surface area (Å²) in [5, 5.41) is 0.577. The van der Waals surface area contributed by atoms with E-state index in [0.717, 1.165) is 5.56 Å². The second-order valence-corrected chi connectivity index (χ2v) is 4.03. The second-order valence-electron chi connectivity index (χ2n) is 3.60. The molecule has 0 radical (unpaired) electrons. The Morgan fingerprint density at radius 2 is 2.31 bits per heavy atom. The SMILES string of the molecule is Cc1ccc(Cl)cc1C(=O)Cc1ncc[nH]1. The molecule has 16 heavy (non-hydrogen) atoms. The summed E-state index contributed by atoms with van der Waals surface area (Å²) in [6.07, 6.45) is 3.61. The molecular formula is C12H11ClN2O. The number of aromatic nitrogens is 2. The minimum Gasteiger partial charge on any atom is -0.348 e. The first-order valence-electron chi connectivity index (χ1n) is 4.94. The highest BCUT2D eigenvalue weighted by atomic mass is 35.5. The first-order valence-corrected chi connectivity index (χ1v) is 5.32. The number of carbonyl (C=O) groups excluding carboxylic acids is 1. The van der Waals surface area contributed by atoms with E-state index in [0.29, 0.717) is 16.4 Å². The maximum atomic E-state index is 12.0. The Morgan fingerprint density at radius 3 is 3.00 bits per heavy atom. The molecule has 2 aromatic rings. The Morgan fingerprint density at radius 1 is 1.50 bits per heavy atom. The zero-order chi connectivity index (χ0) is 11.5. The largest absolute Gasteiger partial charge is 0.348 e. The molecule has 0 aliphatic carbocycles. The van der Waals surface area contributed by atoms with Crippen molar-refractivity contribution in [1.29, 1.82) is 0 Å². The molecule has 0 saturated heterocycles. The molecule has 2 rings (SSSR count). The number of hydrogen-bond donors (Lipinski definition) is 1. The summed E-state index contributed by atoms with van der Waals surface area (Å²) in [6, 6.07) is 5.32. The van der Waals surface area contributed by atoms with Gasteiger partial charge in [0.2, 0.25) is 0 Å². The van der Waals surface area contributed by atoms with Gasteiger partial charge in [-0.1, -0.05) is 17.7 Å². The minimum absolute atomic E-state index is 0.0231. The van der Waals surface area contributed by atoms with Crippen LogP contribution in [0.25, 0.3) is 0 Å². The lowest BCUT2D eigenvalue weighted by Gasteiger charge is -2.04. The fraction of sp³-hybridized carbons (Fsp3) is 0.167. The summed E-state index contributed by atoms with van der Waals surface area (Å²) >= 11 is 5.87. The number of ketones is 1. The molecule has 0 amide bonds.